The van der Waals surface area contributed by atoms with Gasteiger partial charge in [-0.05, 0) is 41.9 Å². The molecule has 0 aromatic carbocycles. The Morgan fingerprint density at radius 1 is 1.45 bits per heavy atom. The van der Waals surface area contributed by atoms with Crippen LogP contribution in [-0.2, 0) is 14.3 Å². The third-order valence-corrected chi connectivity index (χ3v) is 5.71. The minimum Gasteiger partial charge on any atom is -0.460 e. The van der Waals surface area contributed by atoms with Crippen LogP contribution in [0.4, 0.5) is 0 Å². The maximum Gasteiger partial charge on any atom is 0.330 e. The molecule has 20 heavy (non-hydrogen) atoms. The molecule has 0 saturated heterocycles. The van der Waals surface area contributed by atoms with Gasteiger partial charge in [0.15, 0.2) is 0 Å². The van der Waals surface area contributed by atoms with Gasteiger partial charge in [-0.25, -0.2) is 4.79 Å². The molecule has 110 valence electrons. The summed E-state index contributed by atoms with van der Waals surface area (Å²) in [6.45, 7) is 9.00. The maximum absolute atomic E-state index is 11.0. The number of hydrogen-bond donors (Lipinski definition) is 0. The molecule has 5 atom stereocenters. The highest BCUT2D eigenvalue weighted by Gasteiger charge is 2.63. The van der Waals surface area contributed by atoms with E-state index in [4.69, 9.17) is 9.47 Å². The van der Waals surface area contributed by atoms with Crippen LogP contribution in [0.15, 0.2) is 24.8 Å². The Balaban J connectivity index is 1.55. The molecule has 0 amide bonds. The molecule has 4 unspecified atom stereocenters. The molecule has 3 heteroatoms. The van der Waals surface area contributed by atoms with Crippen molar-refractivity contribution >= 4 is 5.97 Å². The number of carbonyl (C=O) groups excluding carboxylic acids is 1. The highest BCUT2D eigenvalue weighted by atomic mass is 16.6. The number of carbonyl (C=O) groups is 1. The van der Waals surface area contributed by atoms with Crippen LogP contribution in [0, 0.1) is 29.1 Å². The van der Waals surface area contributed by atoms with Gasteiger partial charge in [0.2, 0.25) is 0 Å². The van der Waals surface area contributed by atoms with Gasteiger partial charge in [0.1, 0.15) is 6.61 Å². The van der Waals surface area contributed by atoms with Crippen molar-refractivity contribution in [2.75, 3.05) is 13.2 Å². The summed E-state index contributed by atoms with van der Waals surface area (Å²) >= 11 is 0. The first-order valence-corrected chi connectivity index (χ1v) is 7.63. The minimum atomic E-state index is -0.373. The Morgan fingerprint density at radius 2 is 2.25 bits per heavy atom. The molecule has 3 aliphatic carbocycles. The van der Waals surface area contributed by atoms with Gasteiger partial charge in [0, 0.05) is 6.08 Å². The van der Waals surface area contributed by atoms with Crippen molar-refractivity contribution in [1.82, 2.24) is 0 Å². The van der Waals surface area contributed by atoms with Gasteiger partial charge in [0.05, 0.1) is 12.7 Å². The van der Waals surface area contributed by atoms with Crippen LogP contribution in [0.2, 0.25) is 0 Å². The third kappa shape index (κ3) is 2.03. The Labute approximate surface area is 121 Å². The largest absolute Gasteiger partial charge is 0.460 e. The first-order valence-electron chi connectivity index (χ1n) is 7.63. The van der Waals surface area contributed by atoms with Crippen molar-refractivity contribution < 1.29 is 14.3 Å². The Kier molecular flexibility index (Phi) is 3.49. The van der Waals surface area contributed by atoms with Gasteiger partial charge in [-0.3, -0.25) is 0 Å². The zero-order chi connectivity index (χ0) is 14.3. The lowest BCUT2D eigenvalue weighted by molar-refractivity contribution is -0.140. The molecule has 0 heterocycles. The van der Waals surface area contributed by atoms with E-state index in [1.807, 2.05) is 0 Å². The summed E-state index contributed by atoms with van der Waals surface area (Å²) in [6.07, 6.45) is 8.66. The Morgan fingerprint density at radius 3 is 3.00 bits per heavy atom. The van der Waals surface area contributed by atoms with Crippen LogP contribution in [-0.4, -0.2) is 25.3 Å². The summed E-state index contributed by atoms with van der Waals surface area (Å²) in [5.74, 6) is 2.56. The van der Waals surface area contributed by atoms with E-state index in [1.165, 1.54) is 12.5 Å². The van der Waals surface area contributed by atoms with Crippen LogP contribution in [0.5, 0.6) is 0 Å². The van der Waals surface area contributed by atoms with Gasteiger partial charge >= 0.3 is 5.97 Å². The predicted molar refractivity (Wildman–Crippen MR) is 77.0 cm³/mol. The second kappa shape index (κ2) is 5.03. The normalized spacial score (nSPS) is 39.8. The fraction of sp³-hybridized carbons (Fsp3) is 0.706. The number of ether oxygens (including phenoxy) is 2. The van der Waals surface area contributed by atoms with E-state index in [0.29, 0.717) is 30.7 Å². The minimum absolute atomic E-state index is 0.325. The van der Waals surface area contributed by atoms with Crippen molar-refractivity contribution in [3.05, 3.63) is 24.8 Å². The molecular weight excluding hydrogens is 252 g/mol. The first kappa shape index (κ1) is 13.9. The zero-order valence-corrected chi connectivity index (χ0v) is 12.4. The van der Waals surface area contributed by atoms with E-state index in [0.717, 1.165) is 24.2 Å². The van der Waals surface area contributed by atoms with Crippen molar-refractivity contribution in [2.24, 2.45) is 29.1 Å². The monoisotopic (exact) mass is 276 g/mol. The topological polar surface area (TPSA) is 35.5 Å². The SMILES string of the molecule is C=CC(=O)OCCOC1CC2[C@H]3C=CCC3C1C2(C)C. The van der Waals surface area contributed by atoms with Crippen molar-refractivity contribution in [1.29, 1.82) is 0 Å². The van der Waals surface area contributed by atoms with E-state index >= 15 is 0 Å². The summed E-state index contributed by atoms with van der Waals surface area (Å²) in [5, 5.41) is 0. The lowest BCUT2D eigenvalue weighted by atomic mass is 9.78. The lowest BCUT2D eigenvalue weighted by Crippen LogP contribution is -2.33. The van der Waals surface area contributed by atoms with Crippen LogP contribution < -0.4 is 0 Å². The van der Waals surface area contributed by atoms with Gasteiger partial charge in [-0.15, -0.1) is 0 Å². The number of hydrogen-bond acceptors (Lipinski definition) is 3. The highest BCUT2D eigenvalue weighted by molar-refractivity contribution is 5.81. The number of esters is 1. The van der Waals surface area contributed by atoms with Crippen LogP contribution in [0.1, 0.15) is 26.7 Å². The molecule has 2 bridgehead atoms. The molecule has 2 saturated carbocycles. The second-order valence-corrected chi connectivity index (χ2v) is 6.88. The molecule has 0 aliphatic heterocycles. The quantitative estimate of drug-likeness (QED) is 0.335. The summed E-state index contributed by atoms with van der Waals surface area (Å²) in [6, 6.07) is 0. The lowest BCUT2D eigenvalue weighted by Gasteiger charge is -2.32. The number of rotatable bonds is 5. The summed E-state index contributed by atoms with van der Waals surface area (Å²) in [5.41, 5.74) is 0.378. The average molecular weight is 276 g/mol. The predicted octanol–water partition coefficient (Wildman–Crippen LogP) is 2.97. The molecule has 3 rings (SSSR count). The first-order chi connectivity index (χ1) is 9.55. The molecule has 3 nitrogen and oxygen atoms in total. The average Bonchev–Trinajstić information content (AvgIpc) is 3.03. The summed E-state index contributed by atoms with van der Waals surface area (Å²) in [7, 11) is 0. The van der Waals surface area contributed by atoms with Crippen molar-refractivity contribution in [3.63, 3.8) is 0 Å². The molecule has 3 aliphatic rings. The number of allylic oxidation sites excluding steroid dienone is 2. The molecule has 0 radical (unpaired) electrons. The fourth-order valence-electron chi connectivity index (χ4n) is 4.99. The maximum atomic E-state index is 11.0. The van der Waals surface area contributed by atoms with Crippen molar-refractivity contribution in [3.8, 4) is 0 Å². The fourth-order valence-corrected chi connectivity index (χ4v) is 4.99. The molecule has 2 fully saturated rings. The van der Waals surface area contributed by atoms with E-state index in [-0.39, 0.29) is 5.97 Å². The molecule has 0 N–H and O–H groups in total. The van der Waals surface area contributed by atoms with E-state index in [1.54, 1.807) is 0 Å². The third-order valence-electron chi connectivity index (χ3n) is 5.71. The molecule has 0 spiro atoms. The smallest absolute Gasteiger partial charge is 0.330 e. The van der Waals surface area contributed by atoms with Crippen LogP contribution in [0.3, 0.4) is 0 Å². The van der Waals surface area contributed by atoms with Crippen molar-refractivity contribution in [2.45, 2.75) is 32.8 Å². The highest BCUT2D eigenvalue weighted by Crippen LogP contribution is 2.66. The molecular formula is C17H24O3. The van der Waals surface area contributed by atoms with Gasteiger partial charge in [-0.1, -0.05) is 32.6 Å². The number of fused-ring (bicyclic) bond motifs is 5. The Bertz CT molecular complexity index is 438. The van der Waals surface area contributed by atoms with Gasteiger partial charge in [-0.2, -0.15) is 0 Å². The standard InChI is InChI=1S/C17H24O3/c1-4-15(18)20-9-8-19-14-10-13-11-6-5-7-12(11)16(14)17(13,2)3/h4-6,11-14,16H,1,7-10H2,2-3H3/t11-,12?,13?,14?,16?/m0/s1. The van der Waals surface area contributed by atoms with Gasteiger partial charge < -0.3 is 9.47 Å². The zero-order valence-electron chi connectivity index (χ0n) is 12.4. The van der Waals surface area contributed by atoms with Gasteiger partial charge in [0.25, 0.3) is 0 Å². The molecule has 0 aromatic heterocycles. The Hall–Kier alpha value is -1.09. The molecule has 0 aromatic rings. The van der Waals surface area contributed by atoms with Crippen LogP contribution in [0.25, 0.3) is 0 Å². The van der Waals surface area contributed by atoms with E-state index < -0.39 is 0 Å². The summed E-state index contributed by atoms with van der Waals surface area (Å²) in [4.78, 5) is 11.0. The summed E-state index contributed by atoms with van der Waals surface area (Å²) < 4.78 is 11.0. The van der Waals surface area contributed by atoms with E-state index in [2.05, 4.69) is 32.6 Å². The van der Waals surface area contributed by atoms with Crippen LogP contribution >= 0.6 is 0 Å². The second-order valence-electron chi connectivity index (χ2n) is 6.88. The van der Waals surface area contributed by atoms with E-state index in [9.17, 15) is 4.79 Å².